The standard InChI is InChI=1S/C17H18N2O/c1-12(18-2)10-15-6-8-17(20-15)14-5-7-16-13(11-14)4-3-9-19-16/h3-9,11-12,18H,10H2,1-2H3. The molecule has 0 spiro atoms. The molecule has 1 unspecified atom stereocenters. The number of hydrogen-bond acceptors (Lipinski definition) is 3. The van der Waals surface area contributed by atoms with E-state index in [0.717, 1.165) is 34.4 Å². The van der Waals surface area contributed by atoms with Crippen LogP contribution in [-0.2, 0) is 6.42 Å². The summed E-state index contributed by atoms with van der Waals surface area (Å²) in [6.45, 7) is 2.14. The van der Waals surface area contributed by atoms with Crippen molar-refractivity contribution in [2.45, 2.75) is 19.4 Å². The molecule has 20 heavy (non-hydrogen) atoms. The lowest BCUT2D eigenvalue weighted by Gasteiger charge is -2.06. The minimum atomic E-state index is 0.412. The molecule has 0 bridgehead atoms. The Bertz CT molecular complexity index is 718. The molecule has 2 aromatic heterocycles. The van der Waals surface area contributed by atoms with E-state index in [0.29, 0.717) is 6.04 Å². The van der Waals surface area contributed by atoms with Crippen LogP contribution in [0.3, 0.4) is 0 Å². The van der Waals surface area contributed by atoms with Crippen LogP contribution < -0.4 is 5.32 Å². The molecule has 0 fully saturated rings. The third-order valence-corrected chi connectivity index (χ3v) is 3.55. The third kappa shape index (κ3) is 2.58. The van der Waals surface area contributed by atoms with E-state index < -0.39 is 0 Å². The Morgan fingerprint density at radius 1 is 1.20 bits per heavy atom. The van der Waals surface area contributed by atoms with Gasteiger partial charge in [0.1, 0.15) is 11.5 Å². The summed E-state index contributed by atoms with van der Waals surface area (Å²) in [5.74, 6) is 1.92. The highest BCUT2D eigenvalue weighted by atomic mass is 16.3. The lowest BCUT2D eigenvalue weighted by molar-refractivity contribution is 0.481. The molecule has 0 amide bonds. The van der Waals surface area contributed by atoms with Gasteiger partial charge in [0, 0.05) is 29.6 Å². The molecule has 0 saturated carbocycles. The molecule has 1 N–H and O–H groups in total. The molecule has 1 atom stereocenters. The molecule has 3 nitrogen and oxygen atoms in total. The zero-order chi connectivity index (χ0) is 13.9. The van der Waals surface area contributed by atoms with Crippen molar-refractivity contribution in [3.05, 3.63) is 54.4 Å². The van der Waals surface area contributed by atoms with Gasteiger partial charge < -0.3 is 9.73 Å². The van der Waals surface area contributed by atoms with Crippen molar-refractivity contribution >= 4 is 10.9 Å². The molecular weight excluding hydrogens is 248 g/mol. The smallest absolute Gasteiger partial charge is 0.134 e. The van der Waals surface area contributed by atoms with Crippen LogP contribution in [0.5, 0.6) is 0 Å². The van der Waals surface area contributed by atoms with Gasteiger partial charge in [-0.15, -0.1) is 0 Å². The van der Waals surface area contributed by atoms with Gasteiger partial charge in [-0.25, -0.2) is 0 Å². The second kappa shape index (κ2) is 5.47. The molecular formula is C17H18N2O. The molecule has 3 heteroatoms. The van der Waals surface area contributed by atoms with Crippen molar-refractivity contribution in [3.63, 3.8) is 0 Å². The maximum atomic E-state index is 5.93. The van der Waals surface area contributed by atoms with E-state index in [1.807, 2.05) is 31.4 Å². The van der Waals surface area contributed by atoms with E-state index in [1.165, 1.54) is 0 Å². The zero-order valence-corrected chi connectivity index (χ0v) is 11.8. The number of fused-ring (bicyclic) bond motifs is 1. The first-order valence-corrected chi connectivity index (χ1v) is 6.87. The highest BCUT2D eigenvalue weighted by molar-refractivity contribution is 5.83. The molecule has 102 valence electrons. The SMILES string of the molecule is CNC(C)Cc1ccc(-c2ccc3ncccc3c2)o1. The fourth-order valence-corrected chi connectivity index (χ4v) is 2.28. The van der Waals surface area contributed by atoms with E-state index >= 15 is 0 Å². The van der Waals surface area contributed by atoms with Gasteiger partial charge in [-0.2, -0.15) is 0 Å². The zero-order valence-electron chi connectivity index (χ0n) is 11.8. The van der Waals surface area contributed by atoms with Crippen LogP contribution in [0, 0.1) is 0 Å². The second-order valence-corrected chi connectivity index (χ2v) is 5.07. The van der Waals surface area contributed by atoms with Crippen molar-refractivity contribution in [1.29, 1.82) is 0 Å². The Labute approximate surface area is 118 Å². The number of benzene rings is 1. The normalized spacial score (nSPS) is 12.7. The fourth-order valence-electron chi connectivity index (χ4n) is 2.28. The molecule has 0 aliphatic rings. The Morgan fingerprint density at radius 2 is 2.10 bits per heavy atom. The van der Waals surface area contributed by atoms with Crippen LogP contribution in [0.4, 0.5) is 0 Å². The summed E-state index contributed by atoms with van der Waals surface area (Å²) in [5.41, 5.74) is 2.10. The number of furan rings is 1. The number of nitrogens with one attached hydrogen (secondary N) is 1. The summed E-state index contributed by atoms with van der Waals surface area (Å²) in [6, 6.07) is 14.7. The third-order valence-electron chi connectivity index (χ3n) is 3.55. The van der Waals surface area contributed by atoms with Crippen LogP contribution in [0.2, 0.25) is 0 Å². The molecule has 3 rings (SSSR count). The van der Waals surface area contributed by atoms with Crippen LogP contribution >= 0.6 is 0 Å². The van der Waals surface area contributed by atoms with Crippen LogP contribution in [0.25, 0.3) is 22.2 Å². The lowest BCUT2D eigenvalue weighted by Crippen LogP contribution is -2.23. The monoisotopic (exact) mass is 266 g/mol. The number of rotatable bonds is 4. The van der Waals surface area contributed by atoms with Crippen LogP contribution in [0.1, 0.15) is 12.7 Å². The summed E-state index contributed by atoms with van der Waals surface area (Å²) in [7, 11) is 1.96. The molecule has 0 aliphatic carbocycles. The fraction of sp³-hybridized carbons (Fsp3) is 0.235. The summed E-state index contributed by atoms with van der Waals surface area (Å²) in [6.07, 6.45) is 2.71. The quantitative estimate of drug-likeness (QED) is 0.783. The number of aromatic nitrogens is 1. The van der Waals surface area contributed by atoms with Gasteiger partial charge >= 0.3 is 0 Å². The van der Waals surface area contributed by atoms with Gasteiger partial charge in [-0.05, 0) is 50.4 Å². The highest BCUT2D eigenvalue weighted by Crippen LogP contribution is 2.25. The van der Waals surface area contributed by atoms with Crippen molar-refractivity contribution in [2.75, 3.05) is 7.05 Å². The van der Waals surface area contributed by atoms with E-state index in [2.05, 4.69) is 41.5 Å². The number of likely N-dealkylation sites (N-methyl/N-ethyl adjacent to an activating group) is 1. The maximum absolute atomic E-state index is 5.93. The van der Waals surface area contributed by atoms with Gasteiger partial charge in [-0.3, -0.25) is 4.98 Å². The van der Waals surface area contributed by atoms with E-state index in [1.54, 1.807) is 0 Å². The number of hydrogen-bond donors (Lipinski definition) is 1. The van der Waals surface area contributed by atoms with Crippen molar-refractivity contribution in [2.24, 2.45) is 0 Å². The Morgan fingerprint density at radius 3 is 2.95 bits per heavy atom. The second-order valence-electron chi connectivity index (χ2n) is 5.07. The molecule has 0 aliphatic heterocycles. The summed E-state index contributed by atoms with van der Waals surface area (Å²) < 4.78 is 5.93. The summed E-state index contributed by atoms with van der Waals surface area (Å²) in [4.78, 5) is 4.33. The predicted molar refractivity (Wildman–Crippen MR) is 81.7 cm³/mol. The molecule has 2 heterocycles. The summed E-state index contributed by atoms with van der Waals surface area (Å²) in [5, 5.41) is 4.35. The van der Waals surface area contributed by atoms with Crippen molar-refractivity contribution < 1.29 is 4.42 Å². The minimum Gasteiger partial charge on any atom is -0.461 e. The molecule has 0 saturated heterocycles. The minimum absolute atomic E-state index is 0.412. The van der Waals surface area contributed by atoms with E-state index in [-0.39, 0.29) is 0 Å². The Hall–Kier alpha value is -2.13. The Balaban J connectivity index is 1.91. The molecule has 3 aromatic rings. The van der Waals surface area contributed by atoms with E-state index in [9.17, 15) is 0 Å². The predicted octanol–water partition coefficient (Wildman–Crippen LogP) is 3.65. The van der Waals surface area contributed by atoms with Crippen LogP contribution in [-0.4, -0.2) is 18.1 Å². The first kappa shape index (κ1) is 12.9. The van der Waals surface area contributed by atoms with Crippen molar-refractivity contribution in [1.82, 2.24) is 10.3 Å². The maximum Gasteiger partial charge on any atom is 0.134 e. The Kier molecular flexibility index (Phi) is 3.52. The van der Waals surface area contributed by atoms with Gasteiger partial charge in [0.05, 0.1) is 5.52 Å². The van der Waals surface area contributed by atoms with Gasteiger partial charge in [-0.1, -0.05) is 6.07 Å². The topological polar surface area (TPSA) is 38.1 Å². The summed E-state index contributed by atoms with van der Waals surface area (Å²) >= 11 is 0. The highest BCUT2D eigenvalue weighted by Gasteiger charge is 2.08. The first-order chi connectivity index (χ1) is 9.76. The lowest BCUT2D eigenvalue weighted by atomic mass is 10.1. The molecule has 1 aromatic carbocycles. The average molecular weight is 266 g/mol. The van der Waals surface area contributed by atoms with Crippen molar-refractivity contribution in [3.8, 4) is 11.3 Å². The van der Waals surface area contributed by atoms with Gasteiger partial charge in [0.25, 0.3) is 0 Å². The largest absolute Gasteiger partial charge is 0.461 e. The van der Waals surface area contributed by atoms with E-state index in [4.69, 9.17) is 4.42 Å². The molecule has 0 radical (unpaired) electrons. The average Bonchev–Trinajstić information content (AvgIpc) is 2.95. The van der Waals surface area contributed by atoms with Crippen LogP contribution in [0.15, 0.2) is 53.1 Å². The first-order valence-electron chi connectivity index (χ1n) is 6.87. The number of pyridine rings is 1. The number of nitrogens with zero attached hydrogens (tertiary/aromatic N) is 1. The van der Waals surface area contributed by atoms with Gasteiger partial charge in [0.2, 0.25) is 0 Å². The van der Waals surface area contributed by atoms with Gasteiger partial charge in [0.15, 0.2) is 0 Å².